The van der Waals surface area contributed by atoms with Gasteiger partial charge in [-0.3, -0.25) is 0 Å². The van der Waals surface area contributed by atoms with Gasteiger partial charge in [-0.25, -0.2) is 0 Å². The first kappa shape index (κ1) is 15.3. The highest BCUT2D eigenvalue weighted by molar-refractivity contribution is 5.35. The normalized spacial score (nSPS) is 21.6. The second-order valence-corrected chi connectivity index (χ2v) is 5.64. The molecule has 0 aromatic heterocycles. The van der Waals surface area contributed by atoms with Crippen LogP contribution in [0, 0.1) is 0 Å². The van der Waals surface area contributed by atoms with Crippen LogP contribution in [0.15, 0.2) is 24.3 Å². The molecule has 1 N–H and O–H groups in total. The molecule has 3 atom stereocenters. The lowest BCUT2D eigenvalue weighted by molar-refractivity contribution is 0.108. The summed E-state index contributed by atoms with van der Waals surface area (Å²) in [5, 5.41) is 3.57. The van der Waals surface area contributed by atoms with Gasteiger partial charge < -0.3 is 14.8 Å². The zero-order valence-corrected chi connectivity index (χ0v) is 12.9. The molecule has 3 heteroatoms. The Morgan fingerprint density at radius 3 is 2.85 bits per heavy atom. The van der Waals surface area contributed by atoms with Crippen molar-refractivity contribution in [1.29, 1.82) is 0 Å². The fourth-order valence-corrected chi connectivity index (χ4v) is 2.47. The van der Waals surface area contributed by atoms with Crippen molar-refractivity contribution in [2.45, 2.75) is 58.3 Å². The molecule has 2 rings (SSSR count). The van der Waals surface area contributed by atoms with Crippen molar-refractivity contribution in [3.05, 3.63) is 29.8 Å². The monoisotopic (exact) mass is 277 g/mol. The summed E-state index contributed by atoms with van der Waals surface area (Å²) >= 11 is 0. The van der Waals surface area contributed by atoms with Crippen LogP contribution in [0.25, 0.3) is 0 Å². The largest absolute Gasteiger partial charge is 0.490 e. The molecule has 0 saturated carbocycles. The average Bonchev–Trinajstić information content (AvgIpc) is 2.98. The van der Waals surface area contributed by atoms with E-state index < -0.39 is 0 Å². The number of benzene rings is 1. The lowest BCUT2D eigenvalue weighted by atomic mass is 10.1. The molecule has 1 heterocycles. The van der Waals surface area contributed by atoms with E-state index in [0.29, 0.717) is 6.10 Å². The summed E-state index contributed by atoms with van der Waals surface area (Å²) in [5.41, 5.74) is 1.23. The Kier molecular flexibility index (Phi) is 5.86. The minimum Gasteiger partial charge on any atom is -0.490 e. The van der Waals surface area contributed by atoms with E-state index in [1.54, 1.807) is 0 Å². The van der Waals surface area contributed by atoms with Crippen molar-refractivity contribution in [3.8, 4) is 5.75 Å². The minimum atomic E-state index is 0.251. The molecule has 0 aliphatic carbocycles. The molecule has 1 aromatic rings. The third kappa shape index (κ3) is 4.22. The van der Waals surface area contributed by atoms with E-state index in [0.717, 1.165) is 25.3 Å². The summed E-state index contributed by atoms with van der Waals surface area (Å²) in [4.78, 5) is 0. The number of ether oxygens (including phenoxy) is 2. The van der Waals surface area contributed by atoms with Gasteiger partial charge in [0.15, 0.2) is 0 Å². The van der Waals surface area contributed by atoms with Crippen molar-refractivity contribution >= 4 is 0 Å². The van der Waals surface area contributed by atoms with Crippen molar-refractivity contribution in [3.63, 3.8) is 0 Å². The van der Waals surface area contributed by atoms with Gasteiger partial charge >= 0.3 is 0 Å². The molecule has 0 spiro atoms. The zero-order valence-electron chi connectivity index (χ0n) is 12.9. The Balaban J connectivity index is 1.95. The molecule has 0 radical (unpaired) electrons. The van der Waals surface area contributed by atoms with E-state index in [-0.39, 0.29) is 12.1 Å². The summed E-state index contributed by atoms with van der Waals surface area (Å²) in [6.45, 7) is 8.27. The number of hydrogen-bond donors (Lipinski definition) is 1. The smallest absolute Gasteiger partial charge is 0.124 e. The summed E-state index contributed by atoms with van der Waals surface area (Å²) < 4.78 is 11.7. The van der Waals surface area contributed by atoms with Gasteiger partial charge in [0, 0.05) is 24.8 Å². The standard InChI is InChI=1S/C17H27NO2/c1-4-13(2)20-17-10-6-5-9-16(17)14(3)18-12-15-8-7-11-19-15/h5-6,9-10,13-15,18H,4,7-8,11-12H2,1-3H3/t13-,14+,15+/m1/s1. The molecule has 112 valence electrons. The van der Waals surface area contributed by atoms with E-state index in [1.807, 2.05) is 6.07 Å². The third-order valence-corrected chi connectivity index (χ3v) is 3.96. The third-order valence-electron chi connectivity index (χ3n) is 3.96. The SMILES string of the molecule is CC[C@@H](C)Oc1ccccc1[C@H](C)NC[C@@H]1CCCO1. The highest BCUT2D eigenvalue weighted by Crippen LogP contribution is 2.26. The number of hydrogen-bond acceptors (Lipinski definition) is 3. The van der Waals surface area contributed by atoms with E-state index in [9.17, 15) is 0 Å². The van der Waals surface area contributed by atoms with Crippen LogP contribution in [0.1, 0.15) is 51.6 Å². The molecule has 20 heavy (non-hydrogen) atoms. The molecular formula is C17H27NO2. The highest BCUT2D eigenvalue weighted by Gasteiger charge is 2.18. The Morgan fingerprint density at radius 1 is 1.35 bits per heavy atom. The molecule has 1 saturated heterocycles. The highest BCUT2D eigenvalue weighted by atomic mass is 16.5. The molecular weight excluding hydrogens is 250 g/mol. The maximum absolute atomic E-state index is 6.02. The predicted molar refractivity (Wildman–Crippen MR) is 82.2 cm³/mol. The van der Waals surface area contributed by atoms with Crippen LogP contribution in [0.3, 0.4) is 0 Å². The molecule has 1 aromatic carbocycles. The first-order chi connectivity index (χ1) is 9.70. The van der Waals surface area contributed by atoms with Crippen LogP contribution in [0.4, 0.5) is 0 Å². The molecule has 1 fully saturated rings. The lowest BCUT2D eigenvalue weighted by Gasteiger charge is -2.22. The van der Waals surface area contributed by atoms with Crippen LogP contribution in [-0.2, 0) is 4.74 Å². The topological polar surface area (TPSA) is 30.5 Å². The fourth-order valence-electron chi connectivity index (χ4n) is 2.47. The zero-order chi connectivity index (χ0) is 14.4. The Labute approximate surface area is 122 Å². The molecule has 0 unspecified atom stereocenters. The van der Waals surface area contributed by atoms with Gasteiger partial charge in [0.05, 0.1) is 12.2 Å². The van der Waals surface area contributed by atoms with E-state index in [2.05, 4.69) is 44.3 Å². The second kappa shape index (κ2) is 7.65. The molecule has 0 bridgehead atoms. The first-order valence-electron chi connectivity index (χ1n) is 7.81. The van der Waals surface area contributed by atoms with Crippen LogP contribution in [-0.4, -0.2) is 25.4 Å². The van der Waals surface area contributed by atoms with Crippen LogP contribution < -0.4 is 10.1 Å². The summed E-state index contributed by atoms with van der Waals surface area (Å²) in [7, 11) is 0. The summed E-state index contributed by atoms with van der Waals surface area (Å²) in [5.74, 6) is 0.995. The Morgan fingerprint density at radius 2 is 2.15 bits per heavy atom. The second-order valence-electron chi connectivity index (χ2n) is 5.64. The maximum Gasteiger partial charge on any atom is 0.124 e. The Bertz CT molecular complexity index is 402. The fraction of sp³-hybridized carbons (Fsp3) is 0.647. The van der Waals surface area contributed by atoms with Gasteiger partial charge in [0.1, 0.15) is 5.75 Å². The van der Waals surface area contributed by atoms with E-state index in [1.165, 1.54) is 18.4 Å². The van der Waals surface area contributed by atoms with Crippen molar-refractivity contribution < 1.29 is 9.47 Å². The van der Waals surface area contributed by atoms with Gasteiger partial charge in [0.25, 0.3) is 0 Å². The number of nitrogens with one attached hydrogen (secondary N) is 1. The van der Waals surface area contributed by atoms with Crippen molar-refractivity contribution in [2.24, 2.45) is 0 Å². The average molecular weight is 277 g/mol. The summed E-state index contributed by atoms with van der Waals surface area (Å²) in [6, 6.07) is 8.59. The van der Waals surface area contributed by atoms with Gasteiger partial charge in [-0.2, -0.15) is 0 Å². The molecule has 1 aliphatic heterocycles. The van der Waals surface area contributed by atoms with Gasteiger partial charge in [0.2, 0.25) is 0 Å². The summed E-state index contributed by atoms with van der Waals surface area (Å²) in [6.07, 6.45) is 4.01. The minimum absolute atomic E-state index is 0.251. The molecule has 3 nitrogen and oxygen atoms in total. The number of rotatable bonds is 7. The molecule has 0 amide bonds. The molecule has 1 aliphatic rings. The van der Waals surface area contributed by atoms with E-state index in [4.69, 9.17) is 9.47 Å². The van der Waals surface area contributed by atoms with Gasteiger partial charge in [-0.15, -0.1) is 0 Å². The maximum atomic E-state index is 6.02. The van der Waals surface area contributed by atoms with Crippen LogP contribution in [0.5, 0.6) is 5.75 Å². The lowest BCUT2D eigenvalue weighted by Crippen LogP contribution is -2.29. The quantitative estimate of drug-likeness (QED) is 0.824. The van der Waals surface area contributed by atoms with Crippen LogP contribution in [0.2, 0.25) is 0 Å². The Hall–Kier alpha value is -1.06. The van der Waals surface area contributed by atoms with Gasteiger partial charge in [-0.1, -0.05) is 25.1 Å². The van der Waals surface area contributed by atoms with Crippen molar-refractivity contribution in [1.82, 2.24) is 5.32 Å². The van der Waals surface area contributed by atoms with Crippen molar-refractivity contribution in [2.75, 3.05) is 13.2 Å². The van der Waals surface area contributed by atoms with Gasteiger partial charge in [-0.05, 0) is 39.2 Å². The number of para-hydroxylation sites is 1. The van der Waals surface area contributed by atoms with Crippen LogP contribution >= 0.6 is 0 Å². The first-order valence-corrected chi connectivity index (χ1v) is 7.81. The predicted octanol–water partition coefficient (Wildman–Crippen LogP) is 3.69. The van der Waals surface area contributed by atoms with E-state index >= 15 is 0 Å².